The monoisotopic (exact) mass is 279 g/mol. The molecule has 0 unspecified atom stereocenters. The smallest absolute Gasteiger partial charge is 0.309 e. The van der Waals surface area contributed by atoms with Crippen LogP contribution in [0, 0.1) is 5.41 Å². The van der Waals surface area contributed by atoms with Crippen LogP contribution in [0.4, 0.5) is 0 Å². The Kier molecular flexibility index (Phi) is 5.55. The number of aliphatic carboxylic acids is 1. The number of benzene rings is 1. The predicted octanol–water partition coefficient (Wildman–Crippen LogP) is 2.02. The van der Waals surface area contributed by atoms with Gasteiger partial charge in [0.1, 0.15) is 12.4 Å². The van der Waals surface area contributed by atoms with E-state index in [1.54, 1.807) is 20.9 Å². The summed E-state index contributed by atoms with van der Waals surface area (Å²) in [6.07, 6.45) is -0.0236. The molecule has 5 heteroatoms. The maximum Gasteiger partial charge on any atom is 0.309 e. The Morgan fingerprint density at radius 3 is 2.40 bits per heavy atom. The van der Waals surface area contributed by atoms with E-state index in [1.165, 1.54) is 4.90 Å². The lowest BCUT2D eigenvalue weighted by atomic mass is 9.89. The second kappa shape index (κ2) is 6.93. The summed E-state index contributed by atoms with van der Waals surface area (Å²) in [6, 6.07) is 9.33. The Morgan fingerprint density at radius 2 is 1.85 bits per heavy atom. The van der Waals surface area contributed by atoms with Crippen molar-refractivity contribution in [3.05, 3.63) is 30.3 Å². The van der Waals surface area contributed by atoms with Crippen LogP contribution in [0.5, 0.6) is 5.75 Å². The van der Waals surface area contributed by atoms with Gasteiger partial charge >= 0.3 is 5.97 Å². The van der Waals surface area contributed by atoms with E-state index < -0.39 is 11.4 Å². The SMILES string of the molecule is CN(CCOc1ccccc1)C(=O)CC(C)(C)C(=O)O. The van der Waals surface area contributed by atoms with Crippen LogP contribution in [0.1, 0.15) is 20.3 Å². The first-order valence-corrected chi connectivity index (χ1v) is 6.48. The number of amides is 1. The van der Waals surface area contributed by atoms with Crippen molar-refractivity contribution in [3.8, 4) is 5.75 Å². The number of likely N-dealkylation sites (N-methyl/N-ethyl adjacent to an activating group) is 1. The number of carboxylic acids is 1. The highest BCUT2D eigenvalue weighted by atomic mass is 16.5. The normalized spacial score (nSPS) is 10.9. The molecule has 110 valence electrons. The van der Waals surface area contributed by atoms with Gasteiger partial charge in [-0.2, -0.15) is 0 Å². The molecule has 1 N–H and O–H groups in total. The molecule has 0 saturated carbocycles. The third kappa shape index (κ3) is 4.91. The van der Waals surface area contributed by atoms with Crippen molar-refractivity contribution in [2.45, 2.75) is 20.3 Å². The van der Waals surface area contributed by atoms with E-state index in [2.05, 4.69) is 0 Å². The van der Waals surface area contributed by atoms with Gasteiger partial charge in [0.05, 0.1) is 12.0 Å². The van der Waals surface area contributed by atoms with Gasteiger partial charge < -0.3 is 14.7 Å². The zero-order valence-electron chi connectivity index (χ0n) is 12.1. The van der Waals surface area contributed by atoms with Gasteiger partial charge in [0.25, 0.3) is 0 Å². The molecule has 0 heterocycles. The zero-order chi connectivity index (χ0) is 15.2. The van der Waals surface area contributed by atoms with Crippen molar-refractivity contribution < 1.29 is 19.4 Å². The van der Waals surface area contributed by atoms with Crippen molar-refractivity contribution in [1.29, 1.82) is 0 Å². The number of carbonyl (C=O) groups is 2. The van der Waals surface area contributed by atoms with Gasteiger partial charge in [-0.25, -0.2) is 0 Å². The van der Waals surface area contributed by atoms with E-state index in [4.69, 9.17) is 9.84 Å². The van der Waals surface area contributed by atoms with Gasteiger partial charge in [0.15, 0.2) is 0 Å². The third-order valence-electron chi connectivity index (χ3n) is 3.04. The number of carbonyl (C=O) groups excluding carboxylic acids is 1. The molecular formula is C15H21NO4. The summed E-state index contributed by atoms with van der Waals surface area (Å²) in [5.41, 5.74) is -1.05. The molecule has 0 fully saturated rings. The molecule has 0 bridgehead atoms. The molecule has 5 nitrogen and oxygen atoms in total. The van der Waals surface area contributed by atoms with E-state index in [1.807, 2.05) is 30.3 Å². The summed E-state index contributed by atoms with van der Waals surface area (Å²) in [5, 5.41) is 9.00. The van der Waals surface area contributed by atoms with Gasteiger partial charge in [-0.1, -0.05) is 18.2 Å². The Labute approximate surface area is 119 Å². The van der Waals surface area contributed by atoms with Gasteiger partial charge in [0, 0.05) is 13.5 Å². The molecule has 0 aliphatic rings. The van der Waals surface area contributed by atoms with Crippen LogP contribution in [0.15, 0.2) is 30.3 Å². The van der Waals surface area contributed by atoms with Crippen molar-refractivity contribution in [2.24, 2.45) is 5.41 Å². The highest BCUT2D eigenvalue weighted by molar-refractivity contribution is 5.84. The lowest BCUT2D eigenvalue weighted by Gasteiger charge is -2.23. The molecule has 0 aliphatic carbocycles. The number of hydrogen-bond donors (Lipinski definition) is 1. The molecule has 1 aromatic carbocycles. The lowest BCUT2D eigenvalue weighted by Crippen LogP contribution is -2.36. The van der Waals surface area contributed by atoms with Crippen LogP contribution in [0.25, 0.3) is 0 Å². The van der Waals surface area contributed by atoms with Gasteiger partial charge in [-0.15, -0.1) is 0 Å². The Morgan fingerprint density at radius 1 is 1.25 bits per heavy atom. The molecule has 0 aromatic heterocycles. The molecule has 1 rings (SSSR count). The van der Waals surface area contributed by atoms with E-state index >= 15 is 0 Å². The van der Waals surface area contributed by atoms with Crippen molar-refractivity contribution >= 4 is 11.9 Å². The fraction of sp³-hybridized carbons (Fsp3) is 0.467. The second-order valence-electron chi connectivity index (χ2n) is 5.34. The predicted molar refractivity (Wildman–Crippen MR) is 75.6 cm³/mol. The Balaban J connectivity index is 2.37. The second-order valence-corrected chi connectivity index (χ2v) is 5.34. The summed E-state index contributed by atoms with van der Waals surface area (Å²) in [4.78, 5) is 24.4. The van der Waals surface area contributed by atoms with E-state index in [0.29, 0.717) is 13.2 Å². The maximum atomic E-state index is 11.9. The average Bonchev–Trinajstić information content (AvgIpc) is 2.39. The fourth-order valence-electron chi connectivity index (χ4n) is 1.53. The van der Waals surface area contributed by atoms with Crippen molar-refractivity contribution in [1.82, 2.24) is 4.90 Å². The number of hydrogen-bond acceptors (Lipinski definition) is 3. The first-order valence-electron chi connectivity index (χ1n) is 6.48. The first kappa shape index (κ1) is 16.0. The van der Waals surface area contributed by atoms with Gasteiger partial charge in [-0.05, 0) is 26.0 Å². The van der Waals surface area contributed by atoms with E-state index in [-0.39, 0.29) is 12.3 Å². The number of ether oxygens (including phenoxy) is 1. The molecule has 1 aromatic rings. The van der Waals surface area contributed by atoms with Crippen LogP contribution in [0.3, 0.4) is 0 Å². The van der Waals surface area contributed by atoms with Crippen molar-refractivity contribution in [3.63, 3.8) is 0 Å². The highest BCUT2D eigenvalue weighted by Gasteiger charge is 2.31. The van der Waals surface area contributed by atoms with Gasteiger partial charge in [-0.3, -0.25) is 9.59 Å². The molecule has 0 saturated heterocycles. The fourth-order valence-corrected chi connectivity index (χ4v) is 1.53. The number of nitrogens with zero attached hydrogens (tertiary/aromatic N) is 1. The van der Waals surface area contributed by atoms with Crippen molar-refractivity contribution in [2.75, 3.05) is 20.2 Å². The van der Waals surface area contributed by atoms with Crippen LogP contribution in [-0.2, 0) is 9.59 Å². The summed E-state index contributed by atoms with van der Waals surface area (Å²) < 4.78 is 5.49. The lowest BCUT2D eigenvalue weighted by molar-refractivity contribution is -0.151. The van der Waals surface area contributed by atoms with E-state index in [0.717, 1.165) is 5.75 Å². The van der Waals surface area contributed by atoms with E-state index in [9.17, 15) is 9.59 Å². The molecule has 0 radical (unpaired) electrons. The van der Waals surface area contributed by atoms with Crippen LogP contribution in [0.2, 0.25) is 0 Å². The molecule has 0 spiro atoms. The van der Waals surface area contributed by atoms with Gasteiger partial charge in [0.2, 0.25) is 5.91 Å². The number of rotatable bonds is 7. The average molecular weight is 279 g/mol. The molecule has 1 amide bonds. The topological polar surface area (TPSA) is 66.8 Å². The molecule has 20 heavy (non-hydrogen) atoms. The summed E-state index contributed by atoms with van der Waals surface area (Å²) in [6.45, 7) is 3.88. The Bertz CT molecular complexity index is 456. The third-order valence-corrected chi connectivity index (χ3v) is 3.04. The van der Waals surface area contributed by atoms with Crippen LogP contribution in [-0.4, -0.2) is 42.1 Å². The standard InChI is InChI=1S/C15H21NO4/c1-15(2,14(18)19)11-13(17)16(3)9-10-20-12-7-5-4-6-8-12/h4-8H,9-11H2,1-3H3,(H,18,19). The molecule has 0 aliphatic heterocycles. The highest BCUT2D eigenvalue weighted by Crippen LogP contribution is 2.21. The minimum absolute atomic E-state index is 0.0236. The Hall–Kier alpha value is -2.04. The minimum Gasteiger partial charge on any atom is -0.492 e. The molecular weight excluding hydrogens is 258 g/mol. The van der Waals surface area contributed by atoms with Crippen LogP contribution < -0.4 is 4.74 Å². The number of carboxylic acid groups (broad SMARTS) is 1. The first-order chi connectivity index (χ1) is 9.33. The quantitative estimate of drug-likeness (QED) is 0.829. The number of para-hydroxylation sites is 1. The summed E-state index contributed by atoms with van der Waals surface area (Å²) >= 11 is 0. The maximum absolute atomic E-state index is 11.9. The van der Waals surface area contributed by atoms with Crippen LogP contribution >= 0.6 is 0 Å². The summed E-state index contributed by atoms with van der Waals surface area (Å²) in [7, 11) is 1.65. The summed E-state index contributed by atoms with van der Waals surface area (Å²) in [5.74, 6) is -0.423. The minimum atomic E-state index is -1.05. The zero-order valence-corrected chi connectivity index (χ0v) is 12.1. The largest absolute Gasteiger partial charge is 0.492 e. The molecule has 0 atom stereocenters.